The average Bonchev–Trinajstić information content (AvgIpc) is 2.46. The van der Waals surface area contributed by atoms with Gasteiger partial charge in [-0.25, -0.2) is 0 Å². The summed E-state index contributed by atoms with van der Waals surface area (Å²) in [6, 6.07) is 0. The number of nitrogens with zero attached hydrogens (tertiary/aromatic N) is 1. The number of allylic oxidation sites excluding steroid dienone is 2. The fourth-order valence-corrected chi connectivity index (χ4v) is 1.87. The third-order valence-electron chi connectivity index (χ3n) is 2.61. The van der Waals surface area contributed by atoms with Crippen LogP contribution in [0.25, 0.3) is 0 Å². The van der Waals surface area contributed by atoms with Crippen LogP contribution in [0.5, 0.6) is 0 Å². The lowest BCUT2D eigenvalue weighted by atomic mass is 10.00. The molecule has 0 bridgehead atoms. The van der Waals surface area contributed by atoms with Crippen LogP contribution in [0.1, 0.15) is 53.9 Å². The van der Waals surface area contributed by atoms with Crippen molar-refractivity contribution in [3.8, 4) is 0 Å². The summed E-state index contributed by atoms with van der Waals surface area (Å²) in [6.45, 7) is 11.0. The maximum Gasteiger partial charge on any atom is 0.0524 e. The molecule has 0 saturated heterocycles. The molecule has 1 nitrogen and oxygen atoms in total. The molecule has 0 fully saturated rings. The van der Waals surface area contributed by atoms with Crippen molar-refractivity contribution >= 4 is 6.21 Å². The van der Waals surface area contributed by atoms with Gasteiger partial charge in [0.25, 0.3) is 0 Å². The van der Waals surface area contributed by atoms with E-state index in [1.54, 1.807) is 5.57 Å². The fraction of sp³-hybridized carbons (Fsp3) is 0.769. The molecule has 1 aliphatic rings. The molecule has 80 valence electrons. The Bertz CT molecular complexity index is 251. The maximum atomic E-state index is 4.59. The second-order valence-electron chi connectivity index (χ2n) is 5.49. The molecular formula is C13H23N. The van der Waals surface area contributed by atoms with Crippen LogP contribution in [0.15, 0.2) is 16.1 Å². The van der Waals surface area contributed by atoms with E-state index in [2.05, 4.69) is 45.8 Å². The second-order valence-corrected chi connectivity index (χ2v) is 5.49. The van der Waals surface area contributed by atoms with Crippen LogP contribution in [-0.2, 0) is 0 Å². The van der Waals surface area contributed by atoms with Crippen LogP contribution in [-0.4, -0.2) is 11.8 Å². The Balaban J connectivity index is 2.77. The van der Waals surface area contributed by atoms with Crippen LogP contribution in [0.3, 0.4) is 0 Å². The first-order valence-corrected chi connectivity index (χ1v) is 5.67. The quantitative estimate of drug-likeness (QED) is 0.588. The second kappa shape index (κ2) is 4.29. The Morgan fingerprint density at radius 1 is 1.21 bits per heavy atom. The van der Waals surface area contributed by atoms with Gasteiger partial charge in [0.05, 0.1) is 5.54 Å². The highest BCUT2D eigenvalue weighted by Gasteiger charge is 2.16. The molecule has 0 saturated carbocycles. The Morgan fingerprint density at radius 3 is 2.36 bits per heavy atom. The van der Waals surface area contributed by atoms with Crippen LogP contribution < -0.4 is 0 Å². The van der Waals surface area contributed by atoms with E-state index in [9.17, 15) is 0 Å². The minimum atomic E-state index is 0.0671. The molecule has 1 aliphatic carbocycles. The number of rotatable bonds is 2. The van der Waals surface area contributed by atoms with Gasteiger partial charge in [-0.05, 0) is 51.5 Å². The van der Waals surface area contributed by atoms with E-state index in [1.165, 1.54) is 24.8 Å². The predicted octanol–water partition coefficient (Wildman–Crippen LogP) is 3.99. The molecule has 14 heavy (non-hydrogen) atoms. The molecule has 1 rings (SSSR count). The van der Waals surface area contributed by atoms with E-state index in [4.69, 9.17) is 0 Å². The van der Waals surface area contributed by atoms with Gasteiger partial charge in [0, 0.05) is 6.21 Å². The van der Waals surface area contributed by atoms with Gasteiger partial charge in [-0.3, -0.25) is 4.99 Å². The molecule has 1 heteroatoms. The molecule has 0 amide bonds. The van der Waals surface area contributed by atoms with Gasteiger partial charge in [0.2, 0.25) is 0 Å². The highest BCUT2D eigenvalue weighted by molar-refractivity contribution is 5.80. The molecule has 0 aromatic carbocycles. The smallest absolute Gasteiger partial charge is 0.0524 e. The van der Waals surface area contributed by atoms with Gasteiger partial charge in [-0.15, -0.1) is 0 Å². The van der Waals surface area contributed by atoms with Gasteiger partial charge in [0.15, 0.2) is 0 Å². The lowest BCUT2D eigenvalue weighted by Gasteiger charge is -2.12. The van der Waals surface area contributed by atoms with Crippen molar-refractivity contribution in [2.45, 2.75) is 59.4 Å². The standard InChI is InChI=1S/C13H23N/c1-10(2)12-8-6-7-11(12)9-14-13(3,4)5/h9-10H,6-8H2,1-5H3. The Kier molecular flexibility index (Phi) is 3.52. The van der Waals surface area contributed by atoms with Crippen molar-refractivity contribution in [1.29, 1.82) is 0 Å². The number of hydrogen-bond donors (Lipinski definition) is 0. The molecule has 0 aromatic rings. The monoisotopic (exact) mass is 193 g/mol. The Labute approximate surface area is 88.3 Å². The summed E-state index contributed by atoms with van der Waals surface area (Å²) in [7, 11) is 0. The van der Waals surface area contributed by atoms with E-state index in [0.29, 0.717) is 5.92 Å². The minimum absolute atomic E-state index is 0.0671. The first-order chi connectivity index (χ1) is 6.40. The highest BCUT2D eigenvalue weighted by atomic mass is 14.8. The van der Waals surface area contributed by atoms with Crippen LogP contribution in [0.2, 0.25) is 0 Å². The van der Waals surface area contributed by atoms with Crippen molar-refractivity contribution in [3.63, 3.8) is 0 Å². The summed E-state index contributed by atoms with van der Waals surface area (Å²) in [5, 5.41) is 0. The van der Waals surface area contributed by atoms with Crippen LogP contribution >= 0.6 is 0 Å². The zero-order chi connectivity index (χ0) is 10.8. The van der Waals surface area contributed by atoms with E-state index >= 15 is 0 Å². The van der Waals surface area contributed by atoms with E-state index < -0.39 is 0 Å². The molecule has 0 aliphatic heterocycles. The lowest BCUT2D eigenvalue weighted by Crippen LogP contribution is -2.10. The summed E-state index contributed by atoms with van der Waals surface area (Å²) >= 11 is 0. The SMILES string of the molecule is CC(C)C1=C(C=NC(C)(C)C)CCC1. The predicted molar refractivity (Wildman–Crippen MR) is 64.0 cm³/mol. The topological polar surface area (TPSA) is 12.4 Å². The molecule has 0 N–H and O–H groups in total. The first-order valence-electron chi connectivity index (χ1n) is 5.67. The molecule has 0 aromatic heterocycles. The maximum absolute atomic E-state index is 4.59. The van der Waals surface area contributed by atoms with Gasteiger partial charge >= 0.3 is 0 Å². The van der Waals surface area contributed by atoms with Gasteiger partial charge in [-0.2, -0.15) is 0 Å². The minimum Gasteiger partial charge on any atom is -0.287 e. The average molecular weight is 193 g/mol. The molecule has 0 unspecified atom stereocenters. The van der Waals surface area contributed by atoms with Crippen molar-refractivity contribution in [1.82, 2.24) is 0 Å². The van der Waals surface area contributed by atoms with Gasteiger partial charge < -0.3 is 0 Å². The molecule has 0 spiro atoms. The van der Waals surface area contributed by atoms with Crippen molar-refractivity contribution < 1.29 is 0 Å². The largest absolute Gasteiger partial charge is 0.287 e. The zero-order valence-electron chi connectivity index (χ0n) is 10.2. The van der Waals surface area contributed by atoms with Crippen molar-refractivity contribution in [2.75, 3.05) is 0 Å². The number of aliphatic imine (C=N–C) groups is 1. The van der Waals surface area contributed by atoms with E-state index in [0.717, 1.165) is 0 Å². The lowest BCUT2D eigenvalue weighted by molar-refractivity contribution is 0.586. The molecular weight excluding hydrogens is 170 g/mol. The van der Waals surface area contributed by atoms with Crippen molar-refractivity contribution in [2.24, 2.45) is 10.9 Å². The van der Waals surface area contributed by atoms with Gasteiger partial charge in [0.1, 0.15) is 0 Å². The molecule has 0 radical (unpaired) electrons. The third kappa shape index (κ3) is 3.28. The van der Waals surface area contributed by atoms with E-state index in [-0.39, 0.29) is 5.54 Å². The summed E-state index contributed by atoms with van der Waals surface area (Å²) in [5.74, 6) is 0.693. The van der Waals surface area contributed by atoms with Gasteiger partial charge in [-0.1, -0.05) is 19.4 Å². The normalized spacial score (nSPS) is 19.0. The number of hydrogen-bond acceptors (Lipinski definition) is 1. The summed E-state index contributed by atoms with van der Waals surface area (Å²) in [6.07, 6.45) is 5.94. The fourth-order valence-electron chi connectivity index (χ4n) is 1.87. The van der Waals surface area contributed by atoms with Crippen LogP contribution in [0, 0.1) is 5.92 Å². The third-order valence-corrected chi connectivity index (χ3v) is 2.61. The van der Waals surface area contributed by atoms with Crippen molar-refractivity contribution in [3.05, 3.63) is 11.1 Å². The van der Waals surface area contributed by atoms with E-state index in [1.807, 2.05) is 0 Å². The summed E-state index contributed by atoms with van der Waals surface area (Å²) in [4.78, 5) is 4.59. The zero-order valence-corrected chi connectivity index (χ0v) is 10.2. The molecule has 0 atom stereocenters. The Morgan fingerprint density at radius 2 is 1.86 bits per heavy atom. The Hall–Kier alpha value is -0.590. The highest BCUT2D eigenvalue weighted by Crippen LogP contribution is 2.30. The summed E-state index contributed by atoms with van der Waals surface area (Å²) < 4.78 is 0. The molecule has 0 heterocycles. The van der Waals surface area contributed by atoms with Crippen LogP contribution in [0.4, 0.5) is 0 Å². The first kappa shape index (κ1) is 11.5. The summed E-state index contributed by atoms with van der Waals surface area (Å²) in [5.41, 5.74) is 3.19.